The summed E-state index contributed by atoms with van der Waals surface area (Å²) in [6, 6.07) is 7.69. The van der Waals surface area contributed by atoms with Crippen LogP contribution in [0.1, 0.15) is 44.2 Å². The smallest absolute Gasteiger partial charge is 0.226 e. The first-order chi connectivity index (χ1) is 12.6. The number of hydrogen-bond donors (Lipinski definition) is 1. The van der Waals surface area contributed by atoms with Gasteiger partial charge in [-0.25, -0.2) is 4.98 Å². The van der Waals surface area contributed by atoms with Crippen molar-refractivity contribution in [2.45, 2.75) is 50.5 Å². The van der Waals surface area contributed by atoms with Crippen LogP contribution in [-0.2, 0) is 11.2 Å². The highest BCUT2D eigenvalue weighted by atomic mass is 35.5. The van der Waals surface area contributed by atoms with Crippen LogP contribution in [0.4, 0.5) is 0 Å². The molecule has 4 bridgehead atoms. The number of nitrogens with one attached hydrogen (secondary N) is 1. The number of aromatic nitrogens is 1. The van der Waals surface area contributed by atoms with Gasteiger partial charge in [-0.2, -0.15) is 0 Å². The maximum Gasteiger partial charge on any atom is 0.226 e. The molecule has 136 valence electrons. The Morgan fingerprint density at radius 1 is 1.12 bits per heavy atom. The molecule has 0 aliphatic heterocycles. The number of nitrogens with zero attached hydrogens (tertiary/aromatic N) is 1. The summed E-state index contributed by atoms with van der Waals surface area (Å²) in [5.74, 6) is 2.67. The van der Waals surface area contributed by atoms with Gasteiger partial charge < -0.3 is 5.32 Å². The molecule has 5 heteroatoms. The highest BCUT2D eigenvalue weighted by molar-refractivity contribution is 7.13. The van der Waals surface area contributed by atoms with Crippen LogP contribution in [0.5, 0.6) is 0 Å². The monoisotopic (exact) mass is 386 g/mol. The Bertz CT molecular complexity index is 794. The molecule has 0 radical (unpaired) electrons. The number of thiazole rings is 1. The number of rotatable bonds is 4. The second-order valence-corrected chi connectivity index (χ2v) is 9.87. The van der Waals surface area contributed by atoms with Gasteiger partial charge in [0.15, 0.2) is 0 Å². The molecule has 4 aliphatic rings. The van der Waals surface area contributed by atoms with Gasteiger partial charge in [0.05, 0.1) is 12.1 Å². The average molecular weight is 387 g/mol. The molecular formula is C21H23ClN2OS. The first-order valence-electron chi connectivity index (χ1n) is 9.58. The van der Waals surface area contributed by atoms with E-state index in [0.717, 1.165) is 39.0 Å². The fraction of sp³-hybridized carbons (Fsp3) is 0.524. The third kappa shape index (κ3) is 3.18. The highest BCUT2D eigenvalue weighted by Gasteiger charge is 2.51. The van der Waals surface area contributed by atoms with E-state index in [0.29, 0.717) is 6.42 Å². The van der Waals surface area contributed by atoms with Crippen LogP contribution < -0.4 is 5.32 Å². The maximum absolute atomic E-state index is 12.7. The standard InChI is InChI=1S/C21H23ClN2OS/c22-17-3-1-16(2-4-17)20-23-18(12-26-20)8-19(25)24-21-9-13-5-14(10-21)7-15(6-13)11-21/h1-4,12-15H,5-11H2,(H,24,25). The summed E-state index contributed by atoms with van der Waals surface area (Å²) in [6.07, 6.45) is 8.14. The van der Waals surface area contributed by atoms with Gasteiger partial charge in [0.1, 0.15) is 5.01 Å². The summed E-state index contributed by atoms with van der Waals surface area (Å²) < 4.78 is 0. The number of halogens is 1. The molecular weight excluding hydrogens is 364 g/mol. The normalized spacial score (nSPS) is 32.0. The average Bonchev–Trinajstić information content (AvgIpc) is 3.02. The minimum absolute atomic E-state index is 0.0842. The van der Waals surface area contributed by atoms with E-state index < -0.39 is 0 Å². The van der Waals surface area contributed by atoms with Crippen LogP contribution in [0.3, 0.4) is 0 Å². The molecule has 4 aliphatic carbocycles. The summed E-state index contributed by atoms with van der Waals surface area (Å²) in [4.78, 5) is 17.4. The zero-order valence-corrected chi connectivity index (χ0v) is 16.3. The molecule has 26 heavy (non-hydrogen) atoms. The lowest BCUT2D eigenvalue weighted by Gasteiger charge is -2.56. The van der Waals surface area contributed by atoms with Crippen LogP contribution in [0.25, 0.3) is 10.6 Å². The Labute approximate surface area is 163 Å². The molecule has 0 saturated heterocycles. The number of amides is 1. The molecule has 0 unspecified atom stereocenters. The molecule has 1 aromatic carbocycles. The largest absolute Gasteiger partial charge is 0.350 e. The number of carbonyl (C=O) groups excluding carboxylic acids is 1. The van der Waals surface area contributed by atoms with Crippen molar-refractivity contribution in [2.75, 3.05) is 0 Å². The van der Waals surface area contributed by atoms with Crippen LogP contribution in [0, 0.1) is 17.8 Å². The zero-order chi connectivity index (χ0) is 17.7. The minimum atomic E-state index is 0.0842. The van der Waals surface area contributed by atoms with E-state index in [9.17, 15) is 4.79 Å². The van der Waals surface area contributed by atoms with Crippen LogP contribution in [0.15, 0.2) is 29.6 Å². The minimum Gasteiger partial charge on any atom is -0.350 e. The van der Waals surface area contributed by atoms with Gasteiger partial charge in [-0.15, -0.1) is 11.3 Å². The van der Waals surface area contributed by atoms with Crippen molar-refractivity contribution >= 4 is 28.8 Å². The molecule has 0 atom stereocenters. The first kappa shape index (κ1) is 16.8. The van der Waals surface area contributed by atoms with Crippen molar-refractivity contribution in [2.24, 2.45) is 17.8 Å². The molecule has 6 rings (SSSR count). The molecule has 1 N–H and O–H groups in total. The molecule has 4 fully saturated rings. The summed E-state index contributed by atoms with van der Waals surface area (Å²) >= 11 is 7.54. The van der Waals surface area contributed by atoms with E-state index in [2.05, 4.69) is 10.3 Å². The van der Waals surface area contributed by atoms with Gasteiger partial charge in [-0.05, 0) is 68.4 Å². The van der Waals surface area contributed by atoms with Gasteiger partial charge in [0.25, 0.3) is 0 Å². The molecule has 3 nitrogen and oxygen atoms in total. The number of benzene rings is 1. The molecule has 4 saturated carbocycles. The SMILES string of the molecule is O=C(Cc1csc(-c2ccc(Cl)cc2)n1)NC12CC3CC(CC(C3)C1)C2. The topological polar surface area (TPSA) is 42.0 Å². The molecule has 1 heterocycles. The first-order valence-corrected chi connectivity index (χ1v) is 10.8. The fourth-order valence-corrected chi connectivity index (χ4v) is 6.83. The van der Waals surface area contributed by atoms with Gasteiger partial charge in [0, 0.05) is 21.5 Å². The number of carbonyl (C=O) groups is 1. The lowest BCUT2D eigenvalue weighted by molar-refractivity contribution is -0.126. The van der Waals surface area contributed by atoms with Crippen LogP contribution >= 0.6 is 22.9 Å². The fourth-order valence-electron chi connectivity index (χ4n) is 5.88. The van der Waals surface area contributed by atoms with Gasteiger partial charge in [-0.3, -0.25) is 4.79 Å². The Balaban J connectivity index is 1.26. The van der Waals surface area contributed by atoms with E-state index in [1.165, 1.54) is 38.5 Å². The lowest BCUT2D eigenvalue weighted by Crippen LogP contribution is -2.60. The number of hydrogen-bond acceptors (Lipinski definition) is 3. The zero-order valence-electron chi connectivity index (χ0n) is 14.7. The quantitative estimate of drug-likeness (QED) is 0.795. The van der Waals surface area contributed by atoms with Crippen molar-refractivity contribution in [1.29, 1.82) is 0 Å². The Kier molecular flexibility index (Phi) is 4.09. The Morgan fingerprint density at radius 3 is 2.35 bits per heavy atom. The molecule has 2 aromatic rings. The Morgan fingerprint density at radius 2 is 1.73 bits per heavy atom. The Hall–Kier alpha value is -1.39. The van der Waals surface area contributed by atoms with Crippen molar-refractivity contribution in [1.82, 2.24) is 10.3 Å². The predicted molar refractivity (Wildman–Crippen MR) is 105 cm³/mol. The van der Waals surface area contributed by atoms with Crippen molar-refractivity contribution in [3.8, 4) is 10.6 Å². The molecule has 1 aromatic heterocycles. The van der Waals surface area contributed by atoms with Gasteiger partial charge in [0.2, 0.25) is 5.91 Å². The molecule has 1 amide bonds. The second-order valence-electron chi connectivity index (χ2n) is 8.57. The highest BCUT2D eigenvalue weighted by Crippen LogP contribution is 2.55. The summed E-state index contributed by atoms with van der Waals surface area (Å²) in [6.45, 7) is 0. The maximum atomic E-state index is 12.7. The van der Waals surface area contributed by atoms with Crippen LogP contribution in [0.2, 0.25) is 5.02 Å². The van der Waals surface area contributed by atoms with E-state index >= 15 is 0 Å². The van der Waals surface area contributed by atoms with E-state index in [-0.39, 0.29) is 11.4 Å². The lowest BCUT2D eigenvalue weighted by atomic mass is 9.53. The third-order valence-corrected chi connectivity index (χ3v) is 7.62. The summed E-state index contributed by atoms with van der Waals surface area (Å²) in [7, 11) is 0. The molecule has 0 spiro atoms. The predicted octanol–water partition coefficient (Wildman–Crippen LogP) is 5.09. The van der Waals surface area contributed by atoms with Crippen LogP contribution in [-0.4, -0.2) is 16.4 Å². The third-order valence-electron chi connectivity index (χ3n) is 6.43. The van der Waals surface area contributed by atoms with Gasteiger partial charge in [-0.1, -0.05) is 23.7 Å². The van der Waals surface area contributed by atoms with Crippen molar-refractivity contribution in [3.05, 3.63) is 40.4 Å². The van der Waals surface area contributed by atoms with Crippen molar-refractivity contribution < 1.29 is 4.79 Å². The van der Waals surface area contributed by atoms with Crippen molar-refractivity contribution in [3.63, 3.8) is 0 Å². The summed E-state index contributed by atoms with van der Waals surface area (Å²) in [5, 5.41) is 7.11. The van der Waals surface area contributed by atoms with Gasteiger partial charge >= 0.3 is 0 Å². The summed E-state index contributed by atoms with van der Waals surface area (Å²) in [5.41, 5.74) is 2.00. The van der Waals surface area contributed by atoms with E-state index in [1.807, 2.05) is 29.6 Å². The second kappa shape index (κ2) is 6.35. The van der Waals surface area contributed by atoms with E-state index in [4.69, 9.17) is 11.6 Å². The van der Waals surface area contributed by atoms with E-state index in [1.54, 1.807) is 11.3 Å².